The molecule has 0 atom stereocenters. The number of carbonyl (C=O) groups is 1. The van der Waals surface area contributed by atoms with Crippen molar-refractivity contribution in [2.45, 2.75) is 63.3 Å². The largest absolute Gasteiger partial charge is 0.480 e. The number of aromatic nitrogens is 6. The summed E-state index contributed by atoms with van der Waals surface area (Å²) in [6.07, 6.45) is 3.09. The van der Waals surface area contributed by atoms with E-state index in [4.69, 9.17) is 9.72 Å². The highest BCUT2D eigenvalue weighted by molar-refractivity contribution is 6.09. The molecule has 4 heterocycles. The van der Waals surface area contributed by atoms with E-state index >= 15 is 0 Å². The summed E-state index contributed by atoms with van der Waals surface area (Å²) in [6.45, 7) is 2.50. The molecular weight excluding hydrogens is 561 g/mol. The third kappa shape index (κ3) is 4.48. The molecule has 7 rings (SSSR count). The number of methoxy groups -OCH3 is 1. The minimum absolute atomic E-state index is 0.0167. The SMILES string of the molecule is CCn1cc(C(F)(F)F)nc1-c1ccc(CN2c3nc(-c4c(OC)ncnc4C4CC4)ncc3N(C)C(=O)C23CC3)cc1. The molecule has 13 heteroatoms. The molecule has 1 amide bonds. The van der Waals surface area contributed by atoms with Crippen LogP contribution < -0.4 is 14.5 Å². The van der Waals surface area contributed by atoms with Crippen LogP contribution in [0.4, 0.5) is 24.7 Å². The summed E-state index contributed by atoms with van der Waals surface area (Å²) in [7, 11) is 3.29. The number of benzene rings is 1. The second kappa shape index (κ2) is 9.75. The first-order chi connectivity index (χ1) is 20.6. The van der Waals surface area contributed by atoms with Crippen LogP contribution in [0.5, 0.6) is 5.88 Å². The van der Waals surface area contributed by atoms with Gasteiger partial charge in [0.05, 0.1) is 19.0 Å². The second-order valence-electron chi connectivity index (χ2n) is 11.2. The van der Waals surface area contributed by atoms with E-state index < -0.39 is 17.4 Å². The highest BCUT2D eigenvalue weighted by atomic mass is 19.4. The molecule has 0 saturated heterocycles. The van der Waals surface area contributed by atoms with Crippen molar-refractivity contribution in [3.63, 3.8) is 0 Å². The van der Waals surface area contributed by atoms with Gasteiger partial charge in [-0.25, -0.2) is 24.9 Å². The molecular formula is C30H29F3N8O2. The van der Waals surface area contributed by atoms with Gasteiger partial charge in [0.2, 0.25) is 5.88 Å². The number of carbonyl (C=O) groups excluding carboxylic acids is 1. The number of rotatable bonds is 7. The Bertz CT molecular complexity index is 1730. The molecule has 3 aromatic heterocycles. The number of imidazole rings is 1. The van der Waals surface area contributed by atoms with Crippen molar-refractivity contribution in [1.29, 1.82) is 0 Å². The molecule has 4 aromatic rings. The molecule has 1 aliphatic heterocycles. The van der Waals surface area contributed by atoms with E-state index in [1.165, 1.54) is 10.9 Å². The van der Waals surface area contributed by atoms with Crippen LogP contribution in [0, 0.1) is 0 Å². The molecule has 3 aliphatic rings. The van der Waals surface area contributed by atoms with E-state index in [1.54, 1.807) is 44.3 Å². The number of halogens is 3. The van der Waals surface area contributed by atoms with Crippen LogP contribution in [0.25, 0.3) is 22.8 Å². The monoisotopic (exact) mass is 590 g/mol. The molecule has 10 nitrogen and oxygen atoms in total. The molecule has 0 bridgehead atoms. The third-order valence-corrected chi connectivity index (χ3v) is 8.49. The van der Waals surface area contributed by atoms with Crippen LogP contribution in [0.15, 0.2) is 43.0 Å². The first-order valence-corrected chi connectivity index (χ1v) is 14.2. The number of amides is 1. The van der Waals surface area contributed by atoms with Gasteiger partial charge in [-0.1, -0.05) is 24.3 Å². The van der Waals surface area contributed by atoms with Crippen molar-refractivity contribution in [2.75, 3.05) is 24.0 Å². The van der Waals surface area contributed by atoms with E-state index in [9.17, 15) is 18.0 Å². The molecule has 0 radical (unpaired) electrons. The number of nitrogens with zero attached hydrogens (tertiary/aromatic N) is 8. The molecule has 222 valence electrons. The average molecular weight is 591 g/mol. The summed E-state index contributed by atoms with van der Waals surface area (Å²) in [6, 6.07) is 7.25. The normalized spacial score (nSPS) is 17.4. The Hall–Kier alpha value is -4.55. The minimum Gasteiger partial charge on any atom is -0.480 e. The van der Waals surface area contributed by atoms with Crippen molar-refractivity contribution >= 4 is 17.4 Å². The lowest BCUT2D eigenvalue weighted by molar-refractivity contribution is -0.140. The van der Waals surface area contributed by atoms with Crippen LogP contribution in [0.1, 0.15) is 55.5 Å². The molecule has 0 N–H and O–H groups in total. The molecule has 2 saturated carbocycles. The first kappa shape index (κ1) is 27.3. The van der Waals surface area contributed by atoms with Crippen molar-refractivity contribution in [3.8, 4) is 28.7 Å². The number of fused-ring (bicyclic) bond motifs is 1. The molecule has 43 heavy (non-hydrogen) atoms. The zero-order valence-electron chi connectivity index (χ0n) is 23.9. The predicted octanol–water partition coefficient (Wildman–Crippen LogP) is 5.24. The maximum absolute atomic E-state index is 13.6. The van der Waals surface area contributed by atoms with Gasteiger partial charge in [0.15, 0.2) is 17.3 Å². The van der Waals surface area contributed by atoms with Gasteiger partial charge in [0.1, 0.15) is 28.9 Å². The van der Waals surface area contributed by atoms with Gasteiger partial charge in [0.25, 0.3) is 5.91 Å². The van der Waals surface area contributed by atoms with Gasteiger partial charge in [0, 0.05) is 37.8 Å². The van der Waals surface area contributed by atoms with Crippen molar-refractivity contribution in [3.05, 3.63) is 59.9 Å². The van der Waals surface area contributed by atoms with Gasteiger partial charge in [-0.2, -0.15) is 13.2 Å². The Kier molecular flexibility index (Phi) is 6.19. The first-order valence-electron chi connectivity index (χ1n) is 14.2. The number of ether oxygens (including phenoxy) is 1. The summed E-state index contributed by atoms with van der Waals surface area (Å²) in [5, 5.41) is 0. The summed E-state index contributed by atoms with van der Waals surface area (Å²) in [4.78, 5) is 39.6. The quantitative estimate of drug-likeness (QED) is 0.288. The highest BCUT2D eigenvalue weighted by Crippen LogP contribution is 2.52. The van der Waals surface area contributed by atoms with Gasteiger partial charge in [-0.15, -0.1) is 0 Å². The Morgan fingerprint density at radius 3 is 2.44 bits per heavy atom. The summed E-state index contributed by atoms with van der Waals surface area (Å²) >= 11 is 0. The fourth-order valence-electron chi connectivity index (χ4n) is 5.87. The van der Waals surface area contributed by atoms with Crippen molar-refractivity contribution in [1.82, 2.24) is 29.5 Å². The van der Waals surface area contributed by atoms with Crippen LogP contribution in [0.2, 0.25) is 0 Å². The number of anilines is 2. The maximum Gasteiger partial charge on any atom is 0.434 e. The zero-order valence-corrected chi connectivity index (χ0v) is 23.9. The van der Waals surface area contributed by atoms with Crippen LogP contribution in [-0.2, 0) is 24.1 Å². The van der Waals surface area contributed by atoms with Crippen LogP contribution in [-0.4, -0.2) is 55.1 Å². The number of hydrogen-bond acceptors (Lipinski definition) is 8. The Balaban J connectivity index is 1.26. The van der Waals surface area contributed by atoms with Gasteiger partial charge in [-0.05, 0) is 38.2 Å². The smallest absolute Gasteiger partial charge is 0.434 e. The topological polar surface area (TPSA) is 102 Å². The molecule has 2 fully saturated rings. The zero-order chi connectivity index (χ0) is 30.1. The lowest BCUT2D eigenvalue weighted by Crippen LogP contribution is -2.54. The van der Waals surface area contributed by atoms with E-state index in [0.29, 0.717) is 66.2 Å². The number of likely N-dealkylation sites (N-methyl/N-ethyl adjacent to an activating group) is 1. The number of hydrogen-bond donors (Lipinski definition) is 0. The lowest BCUT2D eigenvalue weighted by atomic mass is 10.0. The molecule has 1 spiro atoms. The lowest BCUT2D eigenvalue weighted by Gasteiger charge is -2.41. The Labute approximate surface area is 245 Å². The van der Waals surface area contributed by atoms with E-state index in [-0.39, 0.29) is 11.7 Å². The Morgan fingerprint density at radius 1 is 1.07 bits per heavy atom. The highest BCUT2D eigenvalue weighted by Gasteiger charge is 2.59. The van der Waals surface area contributed by atoms with Crippen molar-refractivity contribution in [2.24, 2.45) is 0 Å². The van der Waals surface area contributed by atoms with Gasteiger partial charge >= 0.3 is 6.18 Å². The standard InChI is InChI=1S/C30H29F3N8O2/c1-4-40-15-21(30(31,32)33)37-25(40)19-7-5-17(6-8-19)14-41-26-20(39(2)28(42)29(41)11-12-29)13-34-24(38-26)22-23(18-9-10-18)35-16-36-27(22)43-3/h5-8,13,15-16,18H,4,9-12,14H2,1-3H3. The maximum atomic E-state index is 13.6. The minimum atomic E-state index is -4.52. The van der Waals surface area contributed by atoms with Crippen molar-refractivity contribution < 1.29 is 22.7 Å². The molecule has 2 aliphatic carbocycles. The van der Waals surface area contributed by atoms with Crippen LogP contribution in [0.3, 0.4) is 0 Å². The van der Waals surface area contributed by atoms with E-state index in [2.05, 4.69) is 19.9 Å². The number of aryl methyl sites for hydroxylation is 1. The fourth-order valence-corrected chi connectivity index (χ4v) is 5.87. The second-order valence-corrected chi connectivity index (χ2v) is 11.2. The predicted molar refractivity (Wildman–Crippen MR) is 151 cm³/mol. The summed E-state index contributed by atoms with van der Waals surface area (Å²) in [5.41, 5.74) is 1.92. The molecule has 1 aromatic carbocycles. The van der Waals surface area contributed by atoms with Crippen LogP contribution >= 0.6 is 0 Å². The average Bonchev–Trinajstić information content (AvgIpc) is 3.95. The fraction of sp³-hybridized carbons (Fsp3) is 0.400. The Morgan fingerprint density at radius 2 is 1.81 bits per heavy atom. The van der Waals surface area contributed by atoms with E-state index in [1.807, 2.05) is 17.0 Å². The number of alkyl halides is 3. The third-order valence-electron chi connectivity index (χ3n) is 8.49. The molecule has 0 unspecified atom stereocenters. The summed E-state index contributed by atoms with van der Waals surface area (Å²) < 4.78 is 47.0. The summed E-state index contributed by atoms with van der Waals surface area (Å²) in [5.74, 6) is 2.00. The van der Waals surface area contributed by atoms with E-state index in [0.717, 1.165) is 30.3 Å². The van der Waals surface area contributed by atoms with Gasteiger partial charge in [-0.3, -0.25) is 4.79 Å². The van der Waals surface area contributed by atoms with Gasteiger partial charge < -0.3 is 19.1 Å².